The van der Waals surface area contributed by atoms with Gasteiger partial charge >= 0.3 is 11.9 Å². The number of Topliss-reactive ketones (excluding diaryl/α,β-unsaturated/α-hetero) is 1. The summed E-state index contributed by atoms with van der Waals surface area (Å²) < 4.78 is 5.18. The van der Waals surface area contributed by atoms with Crippen LogP contribution in [0, 0.1) is 34.5 Å². The molecule has 0 spiro atoms. The summed E-state index contributed by atoms with van der Waals surface area (Å²) in [5.41, 5.74) is -1.94. The highest BCUT2D eigenvalue weighted by molar-refractivity contribution is 5.93. The molecule has 46 heavy (non-hydrogen) atoms. The first-order valence-electron chi connectivity index (χ1n) is 16.2. The molecule has 0 heterocycles. The molecule has 256 valence electrons. The third-order valence-electron chi connectivity index (χ3n) is 11.5. The van der Waals surface area contributed by atoms with Gasteiger partial charge in [0.25, 0.3) is 0 Å². The predicted octanol–water partition coefficient (Wildman–Crippen LogP) is 0.815. The minimum atomic E-state index is -1.80. The number of carboxylic acids is 1. The molecule has 4 aliphatic rings. The highest BCUT2D eigenvalue weighted by Crippen LogP contribution is 2.67. The molecular weight excluding hydrogens is 600 g/mol. The topological polar surface area (TPSA) is 217 Å². The molecule has 0 unspecified atom stereocenters. The van der Waals surface area contributed by atoms with Crippen LogP contribution in [0.2, 0.25) is 0 Å². The third-order valence-corrected chi connectivity index (χ3v) is 11.5. The van der Waals surface area contributed by atoms with Crippen molar-refractivity contribution in [3.63, 3.8) is 0 Å². The lowest BCUT2D eigenvalue weighted by atomic mass is 9.45. The average molecular weight is 649 g/mol. The highest BCUT2D eigenvalue weighted by atomic mass is 16.5. The first-order valence-corrected chi connectivity index (χ1v) is 16.2. The molecule has 0 aromatic heterocycles. The summed E-state index contributed by atoms with van der Waals surface area (Å²) in [5.74, 6) is -4.76. The molecule has 4 rings (SSSR count). The standard InChI is InChI=1S/C33H48N2O11/c1-17(2)28(29(42)34-22(15-36)30(43)44)35-25(40)7-8-26(41)46-16-24(39)33(45)12-10-21-20-6-5-18-13-19(37)9-11-31(18,3)27(20)23(38)14-32(21,33)4/h13,17,20-23,27-28,36,38,45H,5-12,14-16H2,1-4H3,(H,34,42)(H,35,40)(H,43,44)/t20-,21-,22-,23-,27+,28-,31-,32-,33-/m0/s1. The Morgan fingerprint density at radius 3 is 2.37 bits per heavy atom. The maximum absolute atomic E-state index is 13.5. The number of carbonyl (C=O) groups is 6. The smallest absolute Gasteiger partial charge is 0.328 e. The van der Waals surface area contributed by atoms with Crippen LogP contribution >= 0.6 is 0 Å². The molecular formula is C33H48N2O11. The number of hydrogen-bond donors (Lipinski definition) is 6. The van der Waals surface area contributed by atoms with Crippen LogP contribution < -0.4 is 10.6 Å². The fraction of sp³-hybridized carbons (Fsp3) is 0.758. The molecule has 0 saturated heterocycles. The lowest BCUT2D eigenvalue weighted by Crippen LogP contribution is -2.62. The minimum Gasteiger partial charge on any atom is -0.480 e. The largest absolute Gasteiger partial charge is 0.480 e. The van der Waals surface area contributed by atoms with Gasteiger partial charge in [0.2, 0.25) is 17.6 Å². The Morgan fingerprint density at radius 1 is 1.04 bits per heavy atom. The first-order chi connectivity index (χ1) is 21.5. The van der Waals surface area contributed by atoms with E-state index in [1.165, 1.54) is 0 Å². The van der Waals surface area contributed by atoms with Crippen LogP contribution in [0.15, 0.2) is 11.6 Å². The van der Waals surface area contributed by atoms with Gasteiger partial charge in [-0.3, -0.25) is 24.0 Å². The Balaban J connectivity index is 1.33. The Bertz CT molecular complexity index is 1300. The molecule has 2 amide bonds. The number of nitrogens with one attached hydrogen (secondary N) is 2. The van der Waals surface area contributed by atoms with E-state index in [2.05, 4.69) is 17.6 Å². The summed E-state index contributed by atoms with van der Waals surface area (Å²) in [7, 11) is 0. The zero-order valence-corrected chi connectivity index (χ0v) is 27.0. The van der Waals surface area contributed by atoms with Crippen LogP contribution in [0.5, 0.6) is 0 Å². The van der Waals surface area contributed by atoms with Gasteiger partial charge in [0.1, 0.15) is 17.7 Å². The van der Waals surface area contributed by atoms with Gasteiger partial charge in [-0.1, -0.05) is 33.3 Å². The molecule has 3 fully saturated rings. The number of ether oxygens (including phenoxy) is 1. The summed E-state index contributed by atoms with van der Waals surface area (Å²) in [4.78, 5) is 74.2. The fourth-order valence-corrected chi connectivity index (χ4v) is 8.93. The predicted molar refractivity (Wildman–Crippen MR) is 162 cm³/mol. The lowest BCUT2D eigenvalue weighted by Gasteiger charge is -2.60. The van der Waals surface area contributed by atoms with Crippen LogP contribution in [0.25, 0.3) is 0 Å². The quantitative estimate of drug-likeness (QED) is 0.163. The van der Waals surface area contributed by atoms with Gasteiger partial charge in [-0.25, -0.2) is 4.79 Å². The lowest BCUT2D eigenvalue weighted by molar-refractivity contribution is -0.184. The van der Waals surface area contributed by atoms with E-state index in [1.54, 1.807) is 19.9 Å². The normalized spacial score (nSPS) is 34.7. The maximum atomic E-state index is 13.5. The molecule has 13 nitrogen and oxygen atoms in total. The molecule has 0 bridgehead atoms. The number of allylic oxidation sites excluding steroid dienone is 1. The molecule has 0 aromatic carbocycles. The second-order valence-corrected chi connectivity index (χ2v) is 14.4. The molecule has 3 saturated carbocycles. The first kappa shape index (κ1) is 35.7. The zero-order valence-electron chi connectivity index (χ0n) is 27.0. The van der Waals surface area contributed by atoms with E-state index >= 15 is 0 Å². The van der Waals surface area contributed by atoms with Gasteiger partial charge in [-0.15, -0.1) is 0 Å². The Morgan fingerprint density at radius 2 is 1.74 bits per heavy atom. The maximum Gasteiger partial charge on any atom is 0.328 e. The van der Waals surface area contributed by atoms with Crippen molar-refractivity contribution in [1.82, 2.24) is 10.6 Å². The molecule has 13 heteroatoms. The molecule has 0 aromatic rings. The molecule has 0 aliphatic heterocycles. The SMILES string of the molecule is CC(C)[C@H](NC(=O)CCC(=O)OCC(=O)[C@@]1(O)CC[C@H]2[C@@H]3CCC4=CC(=O)CC[C@]4(C)[C@H]3[C@@H](O)C[C@@]21C)C(=O)N[C@@H](CO)C(=O)O. The zero-order chi connectivity index (χ0) is 34.2. The van der Waals surface area contributed by atoms with Crippen molar-refractivity contribution in [2.75, 3.05) is 13.2 Å². The van der Waals surface area contributed by atoms with Crippen molar-refractivity contribution in [2.45, 2.75) is 109 Å². The van der Waals surface area contributed by atoms with Crippen molar-refractivity contribution in [1.29, 1.82) is 0 Å². The number of carbonyl (C=O) groups excluding carboxylic acids is 5. The van der Waals surface area contributed by atoms with Crippen molar-refractivity contribution in [3.05, 3.63) is 11.6 Å². The van der Waals surface area contributed by atoms with Gasteiger partial charge in [0.05, 0.1) is 19.1 Å². The van der Waals surface area contributed by atoms with Crippen LogP contribution in [0.1, 0.15) is 85.5 Å². The molecule has 4 aliphatic carbocycles. The number of carboxylic acid groups (broad SMARTS) is 1. The van der Waals surface area contributed by atoms with Crippen molar-refractivity contribution in [3.8, 4) is 0 Å². The van der Waals surface area contributed by atoms with Gasteiger partial charge in [0, 0.05) is 18.3 Å². The van der Waals surface area contributed by atoms with Crippen LogP contribution in [-0.4, -0.2) is 92.7 Å². The molecule has 0 radical (unpaired) electrons. The number of ketones is 2. The fourth-order valence-electron chi connectivity index (χ4n) is 8.93. The monoisotopic (exact) mass is 648 g/mol. The van der Waals surface area contributed by atoms with Crippen molar-refractivity contribution < 1.29 is 53.9 Å². The summed E-state index contributed by atoms with van der Waals surface area (Å²) in [6, 6.07) is -2.66. The van der Waals surface area contributed by atoms with E-state index in [-0.39, 0.29) is 48.2 Å². The van der Waals surface area contributed by atoms with E-state index in [0.29, 0.717) is 19.3 Å². The van der Waals surface area contributed by atoms with E-state index in [9.17, 15) is 39.0 Å². The Labute approximate surface area is 268 Å². The number of rotatable bonds is 12. The van der Waals surface area contributed by atoms with E-state index in [0.717, 1.165) is 18.4 Å². The van der Waals surface area contributed by atoms with E-state index in [1.807, 2.05) is 6.92 Å². The van der Waals surface area contributed by atoms with Crippen LogP contribution in [0.4, 0.5) is 0 Å². The summed E-state index contributed by atoms with van der Waals surface area (Å²) >= 11 is 0. The Hall–Kier alpha value is -3.16. The van der Waals surface area contributed by atoms with E-state index < -0.39 is 84.3 Å². The van der Waals surface area contributed by atoms with Crippen LogP contribution in [-0.2, 0) is 33.5 Å². The van der Waals surface area contributed by atoms with Crippen LogP contribution in [0.3, 0.4) is 0 Å². The summed E-state index contributed by atoms with van der Waals surface area (Å²) in [6.45, 7) is 5.71. The van der Waals surface area contributed by atoms with Gasteiger partial charge < -0.3 is 35.8 Å². The van der Waals surface area contributed by atoms with Crippen molar-refractivity contribution in [2.24, 2.45) is 34.5 Å². The highest BCUT2D eigenvalue weighted by Gasteiger charge is 2.68. The van der Waals surface area contributed by atoms with Gasteiger partial charge in [0.15, 0.2) is 12.4 Å². The van der Waals surface area contributed by atoms with Crippen molar-refractivity contribution >= 4 is 35.3 Å². The second kappa shape index (κ2) is 13.5. The second-order valence-electron chi connectivity index (χ2n) is 14.4. The van der Waals surface area contributed by atoms with E-state index in [4.69, 9.17) is 14.9 Å². The number of fused-ring (bicyclic) bond motifs is 5. The van der Waals surface area contributed by atoms with Gasteiger partial charge in [-0.05, 0) is 73.7 Å². The average Bonchev–Trinajstić information content (AvgIpc) is 3.26. The molecule has 6 N–H and O–H groups in total. The molecule has 9 atom stereocenters. The Kier molecular flexibility index (Phi) is 10.5. The number of hydrogen-bond acceptors (Lipinski definition) is 10. The number of aliphatic hydroxyl groups is 3. The third kappa shape index (κ3) is 6.50. The van der Waals surface area contributed by atoms with Gasteiger partial charge in [-0.2, -0.15) is 0 Å². The number of amides is 2. The number of aliphatic carboxylic acids is 1. The number of esters is 1. The minimum absolute atomic E-state index is 0.0282. The summed E-state index contributed by atoms with van der Waals surface area (Å²) in [6.07, 6.45) is 3.81. The number of aliphatic hydroxyl groups excluding tert-OH is 2. The summed E-state index contributed by atoms with van der Waals surface area (Å²) in [5, 5.41) is 46.2.